The molecule has 0 aliphatic carbocycles. The standard InChI is InChI=1S/C14H19F3N2O2/c1-3-18-10(2)11-4-6-12(7-5-11)19-13(20)8-21-9-14(15,16)17/h4-7,10,18H,3,8-9H2,1-2H3,(H,19,20). The largest absolute Gasteiger partial charge is 0.411 e. The molecule has 1 aromatic carbocycles. The first-order valence-electron chi connectivity index (χ1n) is 6.59. The van der Waals surface area contributed by atoms with Gasteiger partial charge in [-0.15, -0.1) is 0 Å². The van der Waals surface area contributed by atoms with Gasteiger partial charge in [0.2, 0.25) is 5.91 Å². The lowest BCUT2D eigenvalue weighted by molar-refractivity contribution is -0.174. The summed E-state index contributed by atoms with van der Waals surface area (Å²) in [4.78, 5) is 11.4. The second-order valence-corrected chi connectivity index (χ2v) is 4.56. The first kappa shape index (κ1) is 17.5. The minimum absolute atomic E-state index is 0.190. The van der Waals surface area contributed by atoms with Gasteiger partial charge in [0.25, 0.3) is 0 Å². The van der Waals surface area contributed by atoms with Gasteiger partial charge in [0.05, 0.1) is 0 Å². The van der Waals surface area contributed by atoms with Crippen molar-refractivity contribution in [3.63, 3.8) is 0 Å². The van der Waals surface area contributed by atoms with Crippen molar-refractivity contribution in [3.8, 4) is 0 Å². The Labute approximate surface area is 121 Å². The fraction of sp³-hybridized carbons (Fsp3) is 0.500. The molecule has 0 radical (unpaired) electrons. The van der Waals surface area contributed by atoms with E-state index in [9.17, 15) is 18.0 Å². The summed E-state index contributed by atoms with van der Waals surface area (Å²) in [5.74, 6) is -0.619. The Balaban J connectivity index is 2.43. The van der Waals surface area contributed by atoms with Crippen molar-refractivity contribution < 1.29 is 22.7 Å². The zero-order valence-electron chi connectivity index (χ0n) is 12.0. The highest BCUT2D eigenvalue weighted by Gasteiger charge is 2.27. The average Bonchev–Trinajstić information content (AvgIpc) is 2.38. The molecule has 21 heavy (non-hydrogen) atoms. The Morgan fingerprint density at radius 2 is 1.90 bits per heavy atom. The van der Waals surface area contributed by atoms with Crippen LogP contribution in [-0.4, -0.2) is 31.8 Å². The molecule has 0 saturated heterocycles. The molecular weight excluding hydrogens is 285 g/mol. The van der Waals surface area contributed by atoms with Gasteiger partial charge in [-0.05, 0) is 31.2 Å². The summed E-state index contributed by atoms with van der Waals surface area (Å²) in [5, 5.41) is 5.72. The molecule has 2 N–H and O–H groups in total. The highest BCUT2D eigenvalue weighted by atomic mass is 19.4. The maximum atomic E-state index is 11.9. The van der Waals surface area contributed by atoms with Crippen molar-refractivity contribution in [1.82, 2.24) is 5.32 Å². The van der Waals surface area contributed by atoms with E-state index in [1.54, 1.807) is 12.1 Å². The summed E-state index contributed by atoms with van der Waals surface area (Å²) in [6.45, 7) is 2.80. The molecule has 0 aliphatic heterocycles. The molecular formula is C14H19F3N2O2. The minimum atomic E-state index is -4.43. The van der Waals surface area contributed by atoms with Crippen molar-refractivity contribution in [2.45, 2.75) is 26.1 Å². The van der Waals surface area contributed by atoms with Crippen LogP contribution in [0.3, 0.4) is 0 Å². The number of hydrogen-bond acceptors (Lipinski definition) is 3. The third-order valence-corrected chi connectivity index (χ3v) is 2.70. The van der Waals surface area contributed by atoms with Gasteiger partial charge >= 0.3 is 6.18 Å². The molecule has 1 amide bonds. The fourth-order valence-electron chi connectivity index (χ4n) is 1.74. The van der Waals surface area contributed by atoms with E-state index >= 15 is 0 Å². The lowest BCUT2D eigenvalue weighted by Crippen LogP contribution is -2.24. The molecule has 1 rings (SSSR count). The van der Waals surface area contributed by atoms with Gasteiger partial charge in [0.1, 0.15) is 13.2 Å². The van der Waals surface area contributed by atoms with Gasteiger partial charge in [-0.3, -0.25) is 4.79 Å². The molecule has 0 spiro atoms. The molecule has 118 valence electrons. The van der Waals surface area contributed by atoms with Gasteiger partial charge in [-0.2, -0.15) is 13.2 Å². The maximum Gasteiger partial charge on any atom is 0.411 e. The second-order valence-electron chi connectivity index (χ2n) is 4.56. The molecule has 0 fully saturated rings. The van der Waals surface area contributed by atoms with Crippen LogP contribution in [0.25, 0.3) is 0 Å². The van der Waals surface area contributed by atoms with Crippen molar-refractivity contribution in [2.24, 2.45) is 0 Å². The Morgan fingerprint density at radius 1 is 1.29 bits per heavy atom. The SMILES string of the molecule is CCNC(C)c1ccc(NC(=O)COCC(F)(F)F)cc1. The third-order valence-electron chi connectivity index (χ3n) is 2.70. The van der Waals surface area contributed by atoms with E-state index < -0.39 is 25.3 Å². The predicted octanol–water partition coefficient (Wildman–Crippen LogP) is 2.87. The van der Waals surface area contributed by atoms with Crippen LogP contribution in [0.4, 0.5) is 18.9 Å². The summed E-state index contributed by atoms with van der Waals surface area (Å²) in [5.41, 5.74) is 1.58. The van der Waals surface area contributed by atoms with Crippen molar-refractivity contribution >= 4 is 11.6 Å². The quantitative estimate of drug-likeness (QED) is 0.814. The average molecular weight is 304 g/mol. The summed E-state index contributed by atoms with van der Waals surface area (Å²) in [6, 6.07) is 7.28. The number of benzene rings is 1. The normalized spacial score (nSPS) is 13.0. The van der Waals surface area contributed by atoms with Gasteiger partial charge in [-0.25, -0.2) is 0 Å². The van der Waals surface area contributed by atoms with E-state index in [4.69, 9.17) is 0 Å². The van der Waals surface area contributed by atoms with Crippen LogP contribution in [0.1, 0.15) is 25.5 Å². The van der Waals surface area contributed by atoms with Crippen molar-refractivity contribution in [2.75, 3.05) is 25.1 Å². The number of anilines is 1. The first-order valence-corrected chi connectivity index (χ1v) is 6.59. The van der Waals surface area contributed by atoms with Gasteiger partial charge in [0.15, 0.2) is 0 Å². The zero-order chi connectivity index (χ0) is 15.9. The Kier molecular flexibility index (Phi) is 6.64. The summed E-state index contributed by atoms with van der Waals surface area (Å²) in [6.07, 6.45) is -4.43. The van der Waals surface area contributed by atoms with Gasteiger partial charge in [-0.1, -0.05) is 19.1 Å². The van der Waals surface area contributed by atoms with Crippen molar-refractivity contribution in [3.05, 3.63) is 29.8 Å². The molecule has 4 nitrogen and oxygen atoms in total. The van der Waals surface area contributed by atoms with E-state index in [1.165, 1.54) is 0 Å². The van der Waals surface area contributed by atoms with E-state index in [-0.39, 0.29) is 6.04 Å². The highest BCUT2D eigenvalue weighted by molar-refractivity contribution is 5.91. The number of rotatable bonds is 7. The lowest BCUT2D eigenvalue weighted by atomic mass is 10.1. The molecule has 1 atom stereocenters. The molecule has 0 saturated carbocycles. The smallest absolute Gasteiger partial charge is 0.362 e. The molecule has 7 heteroatoms. The molecule has 1 aromatic rings. The van der Waals surface area contributed by atoms with Crippen molar-refractivity contribution in [1.29, 1.82) is 0 Å². The number of halogens is 3. The summed E-state index contributed by atoms with van der Waals surface area (Å²) >= 11 is 0. The van der Waals surface area contributed by atoms with Crippen LogP contribution in [-0.2, 0) is 9.53 Å². The maximum absolute atomic E-state index is 11.9. The minimum Gasteiger partial charge on any atom is -0.362 e. The van der Waals surface area contributed by atoms with Gasteiger partial charge < -0.3 is 15.4 Å². The highest BCUT2D eigenvalue weighted by Crippen LogP contribution is 2.16. The molecule has 0 aromatic heterocycles. The summed E-state index contributed by atoms with van der Waals surface area (Å²) < 4.78 is 39.8. The number of alkyl halides is 3. The number of nitrogens with one attached hydrogen (secondary N) is 2. The molecule has 0 bridgehead atoms. The summed E-state index contributed by atoms with van der Waals surface area (Å²) in [7, 11) is 0. The number of hydrogen-bond donors (Lipinski definition) is 2. The van der Waals surface area contributed by atoms with Crippen LogP contribution >= 0.6 is 0 Å². The lowest BCUT2D eigenvalue weighted by Gasteiger charge is -2.13. The third kappa shape index (κ3) is 7.10. The van der Waals surface area contributed by atoms with Gasteiger partial charge in [0, 0.05) is 11.7 Å². The van der Waals surface area contributed by atoms with Crippen LogP contribution < -0.4 is 10.6 Å². The van der Waals surface area contributed by atoms with E-state index in [2.05, 4.69) is 15.4 Å². The van der Waals surface area contributed by atoms with E-state index in [0.717, 1.165) is 12.1 Å². The predicted molar refractivity (Wildman–Crippen MR) is 74.0 cm³/mol. The molecule has 1 unspecified atom stereocenters. The van der Waals surface area contributed by atoms with Crippen LogP contribution in [0.2, 0.25) is 0 Å². The Bertz CT molecular complexity index is 447. The van der Waals surface area contributed by atoms with Crippen LogP contribution in [0.5, 0.6) is 0 Å². The number of ether oxygens (including phenoxy) is 1. The zero-order valence-corrected chi connectivity index (χ0v) is 12.0. The number of carbonyl (C=O) groups is 1. The van der Waals surface area contributed by atoms with E-state index in [0.29, 0.717) is 5.69 Å². The topological polar surface area (TPSA) is 50.4 Å². The monoisotopic (exact) mass is 304 g/mol. The second kappa shape index (κ2) is 7.99. The first-order chi connectivity index (χ1) is 9.81. The Morgan fingerprint density at radius 3 is 2.43 bits per heavy atom. The van der Waals surface area contributed by atoms with Crippen LogP contribution in [0, 0.1) is 0 Å². The Hall–Kier alpha value is -1.60. The number of amides is 1. The fourth-order valence-corrected chi connectivity index (χ4v) is 1.74. The van der Waals surface area contributed by atoms with E-state index in [1.807, 2.05) is 26.0 Å². The van der Waals surface area contributed by atoms with Crippen LogP contribution in [0.15, 0.2) is 24.3 Å². The molecule has 0 heterocycles. The number of carbonyl (C=O) groups excluding carboxylic acids is 1. The molecule has 0 aliphatic rings.